The summed E-state index contributed by atoms with van der Waals surface area (Å²) in [5.41, 5.74) is 3.71. The highest BCUT2D eigenvalue weighted by Crippen LogP contribution is 2.23. The second kappa shape index (κ2) is 10.9. The van der Waals surface area contributed by atoms with E-state index in [1.165, 1.54) is 18.2 Å². The van der Waals surface area contributed by atoms with Crippen molar-refractivity contribution in [2.45, 2.75) is 13.0 Å². The van der Waals surface area contributed by atoms with Crippen molar-refractivity contribution in [2.75, 3.05) is 6.54 Å². The molecule has 1 amide bonds. The molecule has 7 nitrogen and oxygen atoms in total. The molecular formula is C28H23N3O4. The minimum atomic E-state index is -0.989. The van der Waals surface area contributed by atoms with E-state index in [1.54, 1.807) is 36.4 Å². The number of para-hydroxylation sites is 2. The third-order valence-electron chi connectivity index (χ3n) is 5.53. The number of benzene rings is 3. The van der Waals surface area contributed by atoms with Crippen molar-refractivity contribution in [3.63, 3.8) is 0 Å². The molecule has 0 unspecified atom stereocenters. The Balaban J connectivity index is 1.40. The lowest BCUT2D eigenvalue weighted by molar-refractivity contribution is -0.117. The van der Waals surface area contributed by atoms with Crippen LogP contribution in [0.15, 0.2) is 84.6 Å². The number of carboxylic acid groups (broad SMARTS) is 1. The number of ether oxygens (including phenoxy) is 1. The maximum absolute atomic E-state index is 12.6. The van der Waals surface area contributed by atoms with Crippen molar-refractivity contribution >= 4 is 28.9 Å². The molecule has 3 aromatic carbocycles. The van der Waals surface area contributed by atoms with Crippen LogP contribution in [-0.2, 0) is 17.8 Å². The third kappa shape index (κ3) is 5.75. The summed E-state index contributed by atoms with van der Waals surface area (Å²) in [5.74, 6) is -0.933. The SMILES string of the molecule is N#C/C(=C\c1ccccc1OCc1ccc(C(=O)O)cc1)C(=O)NCCc1c[nH]c2ccccc12. The van der Waals surface area contributed by atoms with Crippen LogP contribution in [0.4, 0.5) is 0 Å². The van der Waals surface area contributed by atoms with Crippen LogP contribution in [-0.4, -0.2) is 28.5 Å². The van der Waals surface area contributed by atoms with Gasteiger partial charge in [0.1, 0.15) is 24.0 Å². The van der Waals surface area contributed by atoms with Crippen molar-refractivity contribution < 1.29 is 19.4 Å². The number of nitrogens with zero attached hydrogens (tertiary/aromatic N) is 1. The highest BCUT2D eigenvalue weighted by atomic mass is 16.5. The normalized spacial score (nSPS) is 11.1. The quantitative estimate of drug-likeness (QED) is 0.245. The Morgan fingerprint density at radius 1 is 1.03 bits per heavy atom. The lowest BCUT2D eigenvalue weighted by Crippen LogP contribution is -2.26. The monoisotopic (exact) mass is 465 g/mol. The second-order valence-electron chi connectivity index (χ2n) is 7.86. The Hall–Kier alpha value is -4.83. The Kier molecular flexibility index (Phi) is 7.24. The number of amides is 1. The second-order valence-corrected chi connectivity index (χ2v) is 7.86. The molecule has 0 bridgehead atoms. The number of carbonyl (C=O) groups excluding carboxylic acids is 1. The van der Waals surface area contributed by atoms with E-state index in [2.05, 4.69) is 10.3 Å². The maximum atomic E-state index is 12.6. The standard InChI is InChI=1S/C28H23N3O4/c29-16-23(27(32)30-14-13-22-17-31-25-7-3-2-6-24(22)25)15-21-5-1-4-8-26(21)35-18-19-9-11-20(12-10-19)28(33)34/h1-12,15,17,31H,13-14,18H2,(H,30,32)(H,33,34)/b23-15+. The van der Waals surface area contributed by atoms with Crippen molar-refractivity contribution in [1.29, 1.82) is 5.26 Å². The molecule has 4 rings (SSSR count). The summed E-state index contributed by atoms with van der Waals surface area (Å²) in [6, 6.07) is 23.4. The van der Waals surface area contributed by atoms with Gasteiger partial charge in [-0.3, -0.25) is 4.79 Å². The molecular weight excluding hydrogens is 442 g/mol. The Morgan fingerprint density at radius 2 is 1.77 bits per heavy atom. The number of carbonyl (C=O) groups is 2. The van der Waals surface area contributed by atoms with E-state index in [-0.39, 0.29) is 17.7 Å². The zero-order valence-corrected chi connectivity index (χ0v) is 18.8. The van der Waals surface area contributed by atoms with Gasteiger partial charge >= 0.3 is 5.97 Å². The minimum absolute atomic E-state index is 0.0224. The number of aromatic carboxylic acids is 1. The van der Waals surface area contributed by atoms with Gasteiger partial charge in [0.2, 0.25) is 0 Å². The molecule has 0 aliphatic rings. The molecule has 1 heterocycles. The number of hydrogen-bond acceptors (Lipinski definition) is 4. The molecule has 3 N–H and O–H groups in total. The molecule has 0 saturated carbocycles. The molecule has 0 radical (unpaired) electrons. The van der Waals surface area contributed by atoms with E-state index >= 15 is 0 Å². The van der Waals surface area contributed by atoms with Gasteiger partial charge in [0.25, 0.3) is 5.91 Å². The number of rotatable bonds is 9. The van der Waals surface area contributed by atoms with Crippen LogP contribution in [0.5, 0.6) is 5.75 Å². The van der Waals surface area contributed by atoms with Crippen molar-refractivity contribution in [1.82, 2.24) is 10.3 Å². The highest BCUT2D eigenvalue weighted by Gasteiger charge is 2.12. The third-order valence-corrected chi connectivity index (χ3v) is 5.53. The molecule has 4 aromatic rings. The van der Waals surface area contributed by atoms with Crippen LogP contribution < -0.4 is 10.1 Å². The number of nitriles is 1. The minimum Gasteiger partial charge on any atom is -0.488 e. The van der Waals surface area contributed by atoms with Gasteiger partial charge in [-0.25, -0.2) is 4.79 Å². The first-order chi connectivity index (χ1) is 17.0. The molecule has 0 aliphatic heterocycles. The largest absolute Gasteiger partial charge is 0.488 e. The van der Waals surface area contributed by atoms with Crippen LogP contribution >= 0.6 is 0 Å². The fourth-order valence-corrected chi connectivity index (χ4v) is 3.68. The molecule has 0 atom stereocenters. The Labute approximate surface area is 202 Å². The Morgan fingerprint density at radius 3 is 2.54 bits per heavy atom. The van der Waals surface area contributed by atoms with Crippen LogP contribution in [0, 0.1) is 11.3 Å². The number of fused-ring (bicyclic) bond motifs is 1. The van der Waals surface area contributed by atoms with Gasteiger partial charge in [-0.05, 0) is 47.9 Å². The summed E-state index contributed by atoms with van der Waals surface area (Å²) >= 11 is 0. The highest BCUT2D eigenvalue weighted by molar-refractivity contribution is 6.02. The van der Waals surface area contributed by atoms with Crippen LogP contribution in [0.1, 0.15) is 27.0 Å². The van der Waals surface area contributed by atoms with E-state index < -0.39 is 11.9 Å². The summed E-state index contributed by atoms with van der Waals surface area (Å²) in [7, 11) is 0. The molecule has 35 heavy (non-hydrogen) atoms. The maximum Gasteiger partial charge on any atom is 0.335 e. The molecule has 174 valence electrons. The molecule has 0 fully saturated rings. The van der Waals surface area contributed by atoms with E-state index in [0.717, 1.165) is 22.0 Å². The van der Waals surface area contributed by atoms with Crippen molar-refractivity contribution in [3.05, 3.63) is 107 Å². The average molecular weight is 466 g/mol. The van der Waals surface area contributed by atoms with Gasteiger partial charge in [0, 0.05) is 29.2 Å². The molecule has 7 heteroatoms. The van der Waals surface area contributed by atoms with Crippen molar-refractivity contribution in [2.24, 2.45) is 0 Å². The number of nitrogens with one attached hydrogen (secondary N) is 2. The van der Waals surface area contributed by atoms with Gasteiger partial charge < -0.3 is 20.1 Å². The fraction of sp³-hybridized carbons (Fsp3) is 0.107. The molecule has 0 spiro atoms. The summed E-state index contributed by atoms with van der Waals surface area (Å²) in [6.07, 6.45) is 4.07. The number of H-pyrrole nitrogens is 1. The first-order valence-corrected chi connectivity index (χ1v) is 11.0. The number of hydrogen-bond donors (Lipinski definition) is 3. The van der Waals surface area contributed by atoms with Gasteiger partial charge in [-0.1, -0.05) is 48.5 Å². The predicted molar refractivity (Wildman–Crippen MR) is 133 cm³/mol. The molecule has 0 aliphatic carbocycles. The smallest absolute Gasteiger partial charge is 0.335 e. The van der Waals surface area contributed by atoms with Crippen LogP contribution in [0.2, 0.25) is 0 Å². The first-order valence-electron chi connectivity index (χ1n) is 11.0. The average Bonchev–Trinajstić information content (AvgIpc) is 3.29. The topological polar surface area (TPSA) is 115 Å². The summed E-state index contributed by atoms with van der Waals surface area (Å²) in [6.45, 7) is 0.605. The van der Waals surface area contributed by atoms with Crippen LogP contribution in [0.3, 0.4) is 0 Å². The molecule has 1 aromatic heterocycles. The number of aromatic nitrogens is 1. The number of aromatic amines is 1. The van der Waals surface area contributed by atoms with Gasteiger partial charge in [0.05, 0.1) is 5.56 Å². The summed E-state index contributed by atoms with van der Waals surface area (Å²) in [5, 5.41) is 22.5. The van der Waals surface area contributed by atoms with Crippen LogP contribution in [0.25, 0.3) is 17.0 Å². The summed E-state index contributed by atoms with van der Waals surface area (Å²) in [4.78, 5) is 26.9. The zero-order chi connectivity index (χ0) is 24.6. The lowest BCUT2D eigenvalue weighted by Gasteiger charge is -2.10. The molecule has 0 saturated heterocycles. The van der Waals surface area contributed by atoms with Gasteiger partial charge in [-0.2, -0.15) is 5.26 Å². The van der Waals surface area contributed by atoms with Gasteiger partial charge in [-0.15, -0.1) is 0 Å². The zero-order valence-electron chi connectivity index (χ0n) is 18.8. The van der Waals surface area contributed by atoms with E-state index in [0.29, 0.717) is 24.3 Å². The van der Waals surface area contributed by atoms with E-state index in [1.807, 2.05) is 36.5 Å². The first kappa shape index (κ1) is 23.3. The number of carboxylic acids is 1. The van der Waals surface area contributed by atoms with E-state index in [4.69, 9.17) is 9.84 Å². The fourth-order valence-electron chi connectivity index (χ4n) is 3.68. The summed E-state index contributed by atoms with van der Waals surface area (Å²) < 4.78 is 5.88. The lowest BCUT2D eigenvalue weighted by atomic mass is 10.1. The Bertz CT molecular complexity index is 1430. The van der Waals surface area contributed by atoms with Crippen molar-refractivity contribution in [3.8, 4) is 11.8 Å². The van der Waals surface area contributed by atoms with Gasteiger partial charge in [0.15, 0.2) is 0 Å². The predicted octanol–water partition coefficient (Wildman–Crippen LogP) is 4.71. The van der Waals surface area contributed by atoms with E-state index in [9.17, 15) is 14.9 Å².